The summed E-state index contributed by atoms with van der Waals surface area (Å²) in [5.41, 5.74) is 3.36. The predicted molar refractivity (Wildman–Crippen MR) is 162 cm³/mol. The number of carbonyl (C=O) groups is 2. The molecule has 3 aromatic rings. The maximum absolute atomic E-state index is 14.1. The highest BCUT2D eigenvalue weighted by atomic mass is 16.5. The van der Waals surface area contributed by atoms with Crippen LogP contribution in [0.2, 0.25) is 0 Å². The van der Waals surface area contributed by atoms with E-state index in [1.807, 2.05) is 48.5 Å². The maximum Gasteiger partial charge on any atom is 0.248 e. The summed E-state index contributed by atoms with van der Waals surface area (Å²) in [6.07, 6.45) is 5.88. The van der Waals surface area contributed by atoms with E-state index < -0.39 is 6.04 Å². The van der Waals surface area contributed by atoms with Crippen LogP contribution in [-0.2, 0) is 16.0 Å². The van der Waals surface area contributed by atoms with E-state index >= 15 is 0 Å². The number of amides is 2. The van der Waals surface area contributed by atoms with Crippen molar-refractivity contribution in [3.8, 4) is 17.2 Å². The lowest BCUT2D eigenvalue weighted by molar-refractivity contribution is -0.127. The van der Waals surface area contributed by atoms with Gasteiger partial charge in [-0.25, -0.2) is 0 Å². The normalized spacial score (nSPS) is 14.4. The largest absolute Gasteiger partial charge is 0.504 e. The van der Waals surface area contributed by atoms with Crippen molar-refractivity contribution < 1.29 is 24.2 Å². The predicted octanol–water partition coefficient (Wildman–Crippen LogP) is 6.69. The van der Waals surface area contributed by atoms with Gasteiger partial charge >= 0.3 is 0 Å². The topological polar surface area (TPSA) is 88.1 Å². The zero-order chi connectivity index (χ0) is 29.4. The van der Waals surface area contributed by atoms with E-state index in [0.29, 0.717) is 23.6 Å². The molecule has 0 aromatic heterocycles. The number of phenols is 1. The fourth-order valence-electron chi connectivity index (χ4n) is 5.43. The summed E-state index contributed by atoms with van der Waals surface area (Å²) in [5, 5.41) is 13.5. The summed E-state index contributed by atoms with van der Waals surface area (Å²) >= 11 is 0. The smallest absolute Gasteiger partial charge is 0.248 e. The number of rotatable bonds is 11. The Morgan fingerprint density at radius 1 is 0.902 bits per heavy atom. The Morgan fingerprint density at radius 2 is 1.56 bits per heavy atom. The molecule has 218 valence electrons. The van der Waals surface area contributed by atoms with Gasteiger partial charge in [0.2, 0.25) is 11.8 Å². The average molecular weight is 559 g/mol. The SMILES string of the molecule is COc1ccc(CCC(=O)N(c2ccc(C(C)C)cc2)C(C(=O)NC2CCCCC2)c2ccc(O)c(OC)c2)cc1. The van der Waals surface area contributed by atoms with Crippen LogP contribution < -0.4 is 19.7 Å². The summed E-state index contributed by atoms with van der Waals surface area (Å²) in [6.45, 7) is 4.24. The number of carbonyl (C=O) groups excluding carboxylic acids is 2. The van der Waals surface area contributed by atoms with Crippen LogP contribution in [-0.4, -0.2) is 37.2 Å². The zero-order valence-corrected chi connectivity index (χ0v) is 24.6. The average Bonchev–Trinajstić information content (AvgIpc) is 2.99. The summed E-state index contributed by atoms with van der Waals surface area (Å²) in [6, 6.07) is 19.5. The molecule has 0 aliphatic heterocycles. The first-order valence-corrected chi connectivity index (χ1v) is 14.5. The number of hydrogen-bond acceptors (Lipinski definition) is 5. The third-order valence-electron chi connectivity index (χ3n) is 7.87. The van der Waals surface area contributed by atoms with E-state index in [0.717, 1.165) is 42.6 Å². The first-order chi connectivity index (χ1) is 19.8. The number of aromatic hydroxyl groups is 1. The molecule has 2 N–H and O–H groups in total. The van der Waals surface area contributed by atoms with Crippen LogP contribution in [0.4, 0.5) is 5.69 Å². The quantitative estimate of drug-likeness (QED) is 0.274. The number of aryl methyl sites for hydroxylation is 1. The van der Waals surface area contributed by atoms with Crippen molar-refractivity contribution in [2.45, 2.75) is 76.8 Å². The van der Waals surface area contributed by atoms with E-state index in [2.05, 4.69) is 19.2 Å². The molecule has 4 rings (SSSR count). The number of phenolic OH excluding ortho intramolecular Hbond substituents is 1. The Balaban J connectivity index is 1.73. The molecule has 0 heterocycles. The minimum absolute atomic E-state index is 0.0265. The molecule has 7 heteroatoms. The molecule has 1 fully saturated rings. The molecular formula is C34H42N2O5. The van der Waals surface area contributed by atoms with Crippen LogP contribution in [0.1, 0.15) is 81.0 Å². The molecule has 41 heavy (non-hydrogen) atoms. The number of methoxy groups -OCH3 is 2. The van der Waals surface area contributed by atoms with Crippen LogP contribution in [0.3, 0.4) is 0 Å². The first kappa shape index (κ1) is 30.0. The maximum atomic E-state index is 14.1. The van der Waals surface area contributed by atoms with E-state index in [9.17, 15) is 14.7 Å². The molecule has 0 radical (unpaired) electrons. The van der Waals surface area contributed by atoms with Gasteiger partial charge in [-0.2, -0.15) is 0 Å². The van der Waals surface area contributed by atoms with Gasteiger partial charge in [0.15, 0.2) is 11.5 Å². The minimum atomic E-state index is -0.945. The van der Waals surface area contributed by atoms with Crippen molar-refractivity contribution in [2.75, 3.05) is 19.1 Å². The molecule has 3 aromatic carbocycles. The summed E-state index contributed by atoms with van der Waals surface area (Å²) in [7, 11) is 3.09. The number of hydrogen-bond donors (Lipinski definition) is 2. The lowest BCUT2D eigenvalue weighted by atomic mass is 9.94. The monoisotopic (exact) mass is 558 g/mol. The van der Waals surface area contributed by atoms with Gasteiger partial charge < -0.3 is 19.9 Å². The molecular weight excluding hydrogens is 516 g/mol. The fourth-order valence-corrected chi connectivity index (χ4v) is 5.43. The molecule has 1 aliphatic carbocycles. The Labute approximate surface area is 243 Å². The number of nitrogens with one attached hydrogen (secondary N) is 1. The molecule has 1 atom stereocenters. The van der Waals surface area contributed by atoms with Crippen molar-refractivity contribution in [2.24, 2.45) is 0 Å². The van der Waals surface area contributed by atoms with Gasteiger partial charge in [0.05, 0.1) is 14.2 Å². The molecule has 0 saturated heterocycles. The lowest BCUT2D eigenvalue weighted by Gasteiger charge is -2.34. The highest BCUT2D eigenvalue weighted by Crippen LogP contribution is 2.35. The van der Waals surface area contributed by atoms with Crippen LogP contribution in [0.15, 0.2) is 66.7 Å². The number of ether oxygens (including phenoxy) is 2. The summed E-state index contributed by atoms with van der Waals surface area (Å²) < 4.78 is 10.6. The van der Waals surface area contributed by atoms with Gasteiger partial charge in [-0.15, -0.1) is 0 Å². The van der Waals surface area contributed by atoms with Gasteiger partial charge in [-0.1, -0.05) is 63.4 Å². The Hall–Kier alpha value is -4.00. The van der Waals surface area contributed by atoms with Gasteiger partial charge in [0, 0.05) is 18.2 Å². The molecule has 0 bridgehead atoms. The number of benzene rings is 3. The second-order valence-electron chi connectivity index (χ2n) is 11.0. The molecule has 1 unspecified atom stereocenters. The molecule has 0 spiro atoms. The Kier molecular flexibility index (Phi) is 10.3. The molecule has 2 amide bonds. The van der Waals surface area contributed by atoms with Crippen molar-refractivity contribution in [1.29, 1.82) is 0 Å². The highest BCUT2D eigenvalue weighted by molar-refractivity contribution is 6.01. The number of nitrogens with zero attached hydrogens (tertiary/aromatic N) is 1. The molecule has 7 nitrogen and oxygen atoms in total. The Bertz CT molecular complexity index is 1300. The van der Waals surface area contributed by atoms with Gasteiger partial charge in [0.1, 0.15) is 11.8 Å². The van der Waals surface area contributed by atoms with Crippen LogP contribution in [0.5, 0.6) is 17.2 Å². The first-order valence-electron chi connectivity index (χ1n) is 14.5. The van der Waals surface area contributed by atoms with Crippen LogP contribution in [0, 0.1) is 0 Å². The van der Waals surface area contributed by atoms with Crippen LogP contribution in [0.25, 0.3) is 0 Å². The second kappa shape index (κ2) is 14.1. The van der Waals surface area contributed by atoms with E-state index in [4.69, 9.17) is 9.47 Å². The van der Waals surface area contributed by atoms with Gasteiger partial charge in [-0.3, -0.25) is 14.5 Å². The fraction of sp³-hybridized carbons (Fsp3) is 0.412. The third-order valence-corrected chi connectivity index (χ3v) is 7.87. The molecule has 1 aliphatic rings. The van der Waals surface area contributed by atoms with Crippen LogP contribution >= 0.6 is 0 Å². The number of anilines is 1. The van der Waals surface area contributed by atoms with Gasteiger partial charge in [0.25, 0.3) is 0 Å². The second-order valence-corrected chi connectivity index (χ2v) is 11.0. The van der Waals surface area contributed by atoms with Crippen molar-refractivity contribution in [1.82, 2.24) is 5.32 Å². The van der Waals surface area contributed by atoms with Crippen molar-refractivity contribution in [3.05, 3.63) is 83.4 Å². The van der Waals surface area contributed by atoms with E-state index in [1.165, 1.54) is 19.6 Å². The summed E-state index contributed by atoms with van der Waals surface area (Å²) in [4.78, 5) is 29.9. The van der Waals surface area contributed by atoms with E-state index in [1.54, 1.807) is 24.1 Å². The van der Waals surface area contributed by atoms with Gasteiger partial charge in [-0.05, 0) is 78.3 Å². The van der Waals surface area contributed by atoms with Crippen molar-refractivity contribution >= 4 is 17.5 Å². The standard InChI is InChI=1S/C34H42N2O5/c1-23(2)25-13-16-28(17-14-25)36(32(38)21-12-24-10-18-29(40-3)19-11-24)33(26-15-20-30(37)31(22-26)41-4)34(39)35-27-8-6-5-7-9-27/h10-11,13-20,22-23,27,33,37H,5-9,12,21H2,1-4H3,(H,35,39). The zero-order valence-electron chi connectivity index (χ0n) is 24.6. The molecule has 1 saturated carbocycles. The highest BCUT2D eigenvalue weighted by Gasteiger charge is 2.34. The minimum Gasteiger partial charge on any atom is -0.504 e. The van der Waals surface area contributed by atoms with Crippen molar-refractivity contribution in [3.63, 3.8) is 0 Å². The summed E-state index contributed by atoms with van der Waals surface area (Å²) in [5.74, 6) is 0.895. The van der Waals surface area contributed by atoms with E-state index in [-0.39, 0.29) is 35.8 Å². The Morgan fingerprint density at radius 3 is 2.17 bits per heavy atom. The lowest BCUT2D eigenvalue weighted by Crippen LogP contribution is -2.47. The third kappa shape index (κ3) is 7.60.